The van der Waals surface area contributed by atoms with Crippen LogP contribution in [0.4, 0.5) is 10.5 Å². The van der Waals surface area contributed by atoms with E-state index in [1.807, 2.05) is 19.1 Å². The number of hydrogen-bond acceptors (Lipinski definition) is 7. The van der Waals surface area contributed by atoms with E-state index in [1.165, 1.54) is 27.4 Å². The van der Waals surface area contributed by atoms with Crippen molar-refractivity contribution in [1.29, 1.82) is 0 Å². The van der Waals surface area contributed by atoms with Gasteiger partial charge in [0.1, 0.15) is 12.3 Å². The van der Waals surface area contributed by atoms with Crippen LogP contribution in [0, 0.1) is 6.92 Å². The van der Waals surface area contributed by atoms with Crippen molar-refractivity contribution < 1.29 is 28.6 Å². The first-order chi connectivity index (χ1) is 14.9. The lowest BCUT2D eigenvalue weighted by Crippen LogP contribution is -2.36. The zero-order chi connectivity index (χ0) is 22.5. The van der Waals surface area contributed by atoms with Gasteiger partial charge in [0.15, 0.2) is 11.5 Å². The Morgan fingerprint density at radius 3 is 2.23 bits per heavy atom. The Kier molecular flexibility index (Phi) is 6.86. The Hall–Kier alpha value is -3.46. The minimum absolute atomic E-state index is 0.179. The molecule has 8 nitrogen and oxygen atoms in total. The Labute approximate surface area is 184 Å². The normalized spacial score (nSPS) is 14.7. The zero-order valence-electron chi connectivity index (χ0n) is 17.6. The van der Waals surface area contributed by atoms with Gasteiger partial charge in [-0.1, -0.05) is 17.7 Å². The lowest BCUT2D eigenvalue weighted by molar-refractivity contribution is -0.127. The molecule has 2 aromatic rings. The van der Waals surface area contributed by atoms with Crippen molar-refractivity contribution in [3.63, 3.8) is 0 Å². The first kappa shape index (κ1) is 22.2. The topological polar surface area (TPSA) is 94.2 Å². The summed E-state index contributed by atoms with van der Waals surface area (Å²) in [6, 6.07) is 10.5. The Morgan fingerprint density at radius 2 is 1.61 bits per heavy atom. The minimum atomic E-state index is -0.550. The van der Waals surface area contributed by atoms with Gasteiger partial charge in [-0.25, -0.2) is 0 Å². The summed E-state index contributed by atoms with van der Waals surface area (Å²) in [5.74, 6) is 0.354. The average Bonchev–Trinajstić information content (AvgIpc) is 3.02. The van der Waals surface area contributed by atoms with Crippen molar-refractivity contribution >= 4 is 40.6 Å². The Bertz CT molecular complexity index is 1050. The number of amides is 3. The van der Waals surface area contributed by atoms with Crippen molar-refractivity contribution in [1.82, 2.24) is 4.90 Å². The number of carbonyl (C=O) groups excluding carboxylic acids is 3. The highest BCUT2D eigenvalue weighted by Crippen LogP contribution is 2.38. The van der Waals surface area contributed by atoms with E-state index in [2.05, 4.69) is 5.32 Å². The molecule has 0 aliphatic carbocycles. The van der Waals surface area contributed by atoms with Gasteiger partial charge >= 0.3 is 0 Å². The van der Waals surface area contributed by atoms with E-state index in [-0.39, 0.29) is 11.4 Å². The lowest BCUT2D eigenvalue weighted by Gasteiger charge is -2.13. The van der Waals surface area contributed by atoms with E-state index in [0.717, 1.165) is 22.2 Å². The van der Waals surface area contributed by atoms with Crippen LogP contribution in [0.15, 0.2) is 41.3 Å². The van der Waals surface area contributed by atoms with E-state index < -0.39 is 17.1 Å². The predicted molar refractivity (Wildman–Crippen MR) is 119 cm³/mol. The standard InChI is InChI=1S/C22H22N2O6S/c1-13-5-7-15(8-6-13)23-20(25)12-24-21(26)19(31-22(24)27)10-14-9-17(29-3)18(30-4)11-16(14)28-2/h5-11H,12H2,1-4H3,(H,23,25)/b19-10+. The van der Waals surface area contributed by atoms with E-state index in [1.54, 1.807) is 24.3 Å². The van der Waals surface area contributed by atoms with Crippen LogP contribution in [-0.2, 0) is 9.59 Å². The highest BCUT2D eigenvalue weighted by Gasteiger charge is 2.36. The van der Waals surface area contributed by atoms with Gasteiger partial charge in [-0.2, -0.15) is 0 Å². The highest BCUT2D eigenvalue weighted by molar-refractivity contribution is 8.18. The van der Waals surface area contributed by atoms with E-state index in [0.29, 0.717) is 28.5 Å². The number of imide groups is 1. The number of nitrogens with one attached hydrogen (secondary N) is 1. The van der Waals surface area contributed by atoms with Crippen LogP contribution in [0.5, 0.6) is 17.2 Å². The van der Waals surface area contributed by atoms with Crippen molar-refractivity contribution in [2.75, 3.05) is 33.2 Å². The number of anilines is 1. The SMILES string of the molecule is COc1cc(OC)c(OC)cc1/C=C1/SC(=O)N(CC(=O)Nc2ccc(C)cc2)C1=O. The number of methoxy groups -OCH3 is 3. The number of hydrogen-bond donors (Lipinski definition) is 1. The Morgan fingerprint density at radius 1 is 1.00 bits per heavy atom. The molecule has 1 aliphatic heterocycles. The molecule has 2 aromatic carbocycles. The van der Waals surface area contributed by atoms with Crippen LogP contribution in [0.3, 0.4) is 0 Å². The predicted octanol–water partition coefficient (Wildman–Crippen LogP) is 3.70. The van der Waals surface area contributed by atoms with Gasteiger partial charge in [-0.05, 0) is 43.0 Å². The number of thioether (sulfide) groups is 1. The fourth-order valence-electron chi connectivity index (χ4n) is 2.92. The second kappa shape index (κ2) is 9.57. The number of benzene rings is 2. The summed E-state index contributed by atoms with van der Waals surface area (Å²) in [6.07, 6.45) is 1.53. The average molecular weight is 442 g/mol. The van der Waals surface area contributed by atoms with E-state index in [9.17, 15) is 14.4 Å². The first-order valence-corrected chi connectivity index (χ1v) is 10.1. The summed E-state index contributed by atoms with van der Waals surface area (Å²) >= 11 is 0.760. The summed E-state index contributed by atoms with van der Waals surface area (Å²) in [6.45, 7) is 1.56. The molecule has 162 valence electrons. The van der Waals surface area contributed by atoms with Gasteiger partial charge in [0, 0.05) is 17.3 Å². The quantitative estimate of drug-likeness (QED) is 0.654. The molecule has 3 amide bonds. The van der Waals surface area contributed by atoms with Crippen LogP contribution in [0.2, 0.25) is 0 Å². The third-order valence-corrected chi connectivity index (χ3v) is 5.44. The van der Waals surface area contributed by atoms with Gasteiger partial charge in [0.2, 0.25) is 5.91 Å². The summed E-state index contributed by atoms with van der Waals surface area (Å²) in [7, 11) is 4.48. The molecule has 0 aromatic heterocycles. The van der Waals surface area contributed by atoms with Crippen LogP contribution >= 0.6 is 11.8 Å². The fourth-order valence-corrected chi connectivity index (χ4v) is 3.75. The van der Waals surface area contributed by atoms with Gasteiger partial charge in [0.25, 0.3) is 11.1 Å². The van der Waals surface area contributed by atoms with Crippen LogP contribution in [0.1, 0.15) is 11.1 Å². The molecule has 1 aliphatic rings. The summed E-state index contributed by atoms with van der Waals surface area (Å²) < 4.78 is 15.9. The van der Waals surface area contributed by atoms with Gasteiger partial charge in [0.05, 0.1) is 26.2 Å². The molecular formula is C22H22N2O6S. The summed E-state index contributed by atoms with van der Waals surface area (Å²) in [4.78, 5) is 38.6. The van der Waals surface area contributed by atoms with Crippen LogP contribution in [0.25, 0.3) is 6.08 Å². The maximum atomic E-state index is 12.8. The molecule has 0 saturated carbocycles. The molecule has 0 spiro atoms. The smallest absolute Gasteiger partial charge is 0.294 e. The highest BCUT2D eigenvalue weighted by atomic mass is 32.2. The largest absolute Gasteiger partial charge is 0.496 e. The maximum absolute atomic E-state index is 12.8. The minimum Gasteiger partial charge on any atom is -0.496 e. The fraction of sp³-hybridized carbons (Fsp3) is 0.227. The third kappa shape index (κ3) is 5.00. The van der Waals surface area contributed by atoms with Crippen molar-refractivity contribution in [3.8, 4) is 17.2 Å². The molecule has 1 fully saturated rings. The molecule has 0 radical (unpaired) electrons. The summed E-state index contributed by atoms with van der Waals surface area (Å²) in [5.41, 5.74) is 2.18. The molecule has 1 heterocycles. The molecule has 31 heavy (non-hydrogen) atoms. The summed E-state index contributed by atoms with van der Waals surface area (Å²) in [5, 5.41) is 2.16. The first-order valence-electron chi connectivity index (χ1n) is 9.28. The lowest BCUT2D eigenvalue weighted by atomic mass is 10.1. The number of aryl methyl sites for hydroxylation is 1. The van der Waals surface area contributed by atoms with Crippen molar-refractivity contribution in [3.05, 3.63) is 52.4 Å². The van der Waals surface area contributed by atoms with E-state index in [4.69, 9.17) is 14.2 Å². The number of nitrogens with zero attached hydrogens (tertiary/aromatic N) is 1. The zero-order valence-corrected chi connectivity index (χ0v) is 18.4. The number of ether oxygens (including phenoxy) is 3. The van der Waals surface area contributed by atoms with Crippen LogP contribution < -0.4 is 19.5 Å². The molecule has 3 rings (SSSR count). The second-order valence-corrected chi connectivity index (χ2v) is 7.62. The number of rotatable bonds is 7. The molecule has 9 heteroatoms. The van der Waals surface area contributed by atoms with Gasteiger partial charge < -0.3 is 19.5 Å². The van der Waals surface area contributed by atoms with Crippen molar-refractivity contribution in [2.45, 2.75) is 6.92 Å². The number of carbonyl (C=O) groups is 3. The monoisotopic (exact) mass is 442 g/mol. The van der Waals surface area contributed by atoms with E-state index >= 15 is 0 Å². The third-order valence-electron chi connectivity index (χ3n) is 4.53. The molecule has 0 atom stereocenters. The maximum Gasteiger partial charge on any atom is 0.294 e. The second-order valence-electron chi connectivity index (χ2n) is 6.63. The van der Waals surface area contributed by atoms with Gasteiger partial charge in [-0.3, -0.25) is 19.3 Å². The molecule has 0 unspecified atom stereocenters. The molecule has 1 saturated heterocycles. The van der Waals surface area contributed by atoms with Crippen molar-refractivity contribution in [2.24, 2.45) is 0 Å². The molecule has 0 bridgehead atoms. The Balaban J connectivity index is 1.78. The van der Waals surface area contributed by atoms with Crippen LogP contribution in [-0.4, -0.2) is 49.8 Å². The molecular weight excluding hydrogens is 420 g/mol. The molecule has 1 N–H and O–H groups in total. The van der Waals surface area contributed by atoms with Gasteiger partial charge in [-0.15, -0.1) is 0 Å².